The van der Waals surface area contributed by atoms with Crippen LogP contribution in [0.5, 0.6) is 0 Å². The van der Waals surface area contributed by atoms with Crippen molar-refractivity contribution in [2.45, 2.75) is 77.7 Å². The molecule has 0 radical (unpaired) electrons. The number of aliphatic hydroxyl groups is 1. The van der Waals surface area contributed by atoms with Crippen LogP contribution in [0.2, 0.25) is 0 Å². The van der Waals surface area contributed by atoms with Crippen molar-refractivity contribution < 1.29 is 9.90 Å². The molecule has 0 unspecified atom stereocenters. The van der Waals surface area contributed by atoms with E-state index in [9.17, 15) is 9.90 Å². The van der Waals surface area contributed by atoms with Gasteiger partial charge in [-0.2, -0.15) is 0 Å². The van der Waals surface area contributed by atoms with Gasteiger partial charge in [0.2, 0.25) is 0 Å². The average Bonchev–Trinajstić information content (AvgIpc) is 2.70. The lowest BCUT2D eigenvalue weighted by atomic mass is 9.46. The van der Waals surface area contributed by atoms with Gasteiger partial charge in [-0.15, -0.1) is 0 Å². The van der Waals surface area contributed by atoms with Gasteiger partial charge < -0.3 is 5.11 Å². The van der Waals surface area contributed by atoms with Gasteiger partial charge in [-0.25, -0.2) is 0 Å². The molecule has 0 heterocycles. The summed E-state index contributed by atoms with van der Waals surface area (Å²) in [6.07, 6.45) is 10.7. The molecule has 0 spiro atoms. The molecule has 22 heavy (non-hydrogen) atoms. The van der Waals surface area contributed by atoms with E-state index in [0.717, 1.165) is 43.9 Å². The van der Waals surface area contributed by atoms with Crippen LogP contribution in [0, 0.1) is 28.6 Å². The highest BCUT2D eigenvalue weighted by molar-refractivity contribution is 5.91. The van der Waals surface area contributed by atoms with Gasteiger partial charge in [0, 0.05) is 6.42 Å². The topological polar surface area (TPSA) is 37.3 Å². The fourth-order valence-electron chi connectivity index (χ4n) is 6.80. The second kappa shape index (κ2) is 4.47. The number of allylic oxidation sites excluding steroid dienone is 1. The largest absolute Gasteiger partial charge is 0.390 e. The van der Waals surface area contributed by atoms with Crippen molar-refractivity contribution in [2.75, 3.05) is 0 Å². The van der Waals surface area contributed by atoms with Gasteiger partial charge in [-0.1, -0.05) is 19.4 Å². The first-order valence-electron chi connectivity index (χ1n) is 9.24. The van der Waals surface area contributed by atoms with E-state index in [0.29, 0.717) is 11.7 Å². The molecule has 2 heteroatoms. The lowest BCUT2D eigenvalue weighted by Crippen LogP contribution is -2.53. The highest BCUT2D eigenvalue weighted by Crippen LogP contribution is 2.67. The Labute approximate surface area is 134 Å². The molecule has 3 fully saturated rings. The van der Waals surface area contributed by atoms with E-state index in [1.807, 2.05) is 6.08 Å². The maximum absolute atomic E-state index is 11.8. The summed E-state index contributed by atoms with van der Waals surface area (Å²) in [5.74, 6) is 2.50. The summed E-state index contributed by atoms with van der Waals surface area (Å²) in [7, 11) is 0. The summed E-state index contributed by atoms with van der Waals surface area (Å²) in [5, 5.41) is 10.9. The van der Waals surface area contributed by atoms with Crippen molar-refractivity contribution in [3.8, 4) is 0 Å². The summed E-state index contributed by atoms with van der Waals surface area (Å²) >= 11 is 0. The molecule has 3 saturated carbocycles. The standard InChI is InChI=1S/C20H30O2/c1-18-9-6-14(21)12-13(18)4-5-15-16(18)7-10-19(2)17(15)8-11-20(19,3)22/h12,15-17,22H,4-11H2,1-3H3/t15-,16+,17+,18+,19+,20-/m1/s1. The molecule has 0 saturated heterocycles. The normalized spacial score (nSPS) is 54.3. The predicted molar refractivity (Wildman–Crippen MR) is 87.3 cm³/mol. The van der Waals surface area contributed by atoms with Gasteiger partial charge in [-0.05, 0) is 86.5 Å². The number of rotatable bonds is 0. The van der Waals surface area contributed by atoms with Crippen LogP contribution in [0.15, 0.2) is 11.6 Å². The third-order valence-electron chi connectivity index (χ3n) is 8.52. The van der Waals surface area contributed by atoms with Crippen LogP contribution >= 0.6 is 0 Å². The van der Waals surface area contributed by atoms with E-state index in [4.69, 9.17) is 0 Å². The van der Waals surface area contributed by atoms with Gasteiger partial charge in [0.1, 0.15) is 0 Å². The first-order valence-corrected chi connectivity index (χ1v) is 9.24. The molecular weight excluding hydrogens is 272 g/mol. The Morgan fingerprint density at radius 3 is 2.50 bits per heavy atom. The predicted octanol–water partition coefficient (Wildman–Crippen LogP) is 4.27. The number of fused-ring (bicyclic) bond motifs is 5. The second-order valence-electron chi connectivity index (χ2n) is 9.24. The maximum Gasteiger partial charge on any atom is 0.155 e. The fraction of sp³-hybridized carbons (Fsp3) is 0.850. The Hall–Kier alpha value is -0.630. The number of carbonyl (C=O) groups excluding carboxylic acids is 1. The van der Waals surface area contributed by atoms with Crippen LogP contribution in [0.1, 0.15) is 72.1 Å². The molecule has 0 aromatic rings. The van der Waals surface area contributed by atoms with Gasteiger partial charge in [0.25, 0.3) is 0 Å². The van der Waals surface area contributed by atoms with Gasteiger partial charge in [-0.3, -0.25) is 4.79 Å². The molecule has 4 aliphatic carbocycles. The van der Waals surface area contributed by atoms with Gasteiger partial charge in [0.15, 0.2) is 5.78 Å². The molecule has 122 valence electrons. The molecule has 0 amide bonds. The lowest BCUT2D eigenvalue weighted by Gasteiger charge is -2.58. The maximum atomic E-state index is 11.8. The SMILES string of the molecule is C[C@]12CCC(=O)C=C1CC[C@@H]1[C@@H]2CC[C@@]2(C)[C@H]1CC[C@@]2(C)O. The van der Waals surface area contributed by atoms with Crippen LogP contribution in [-0.2, 0) is 4.79 Å². The molecule has 0 aliphatic heterocycles. The zero-order valence-corrected chi connectivity index (χ0v) is 14.3. The van der Waals surface area contributed by atoms with Crippen LogP contribution in [0.4, 0.5) is 0 Å². The third kappa shape index (κ3) is 1.74. The molecular formula is C20H30O2. The Morgan fingerprint density at radius 2 is 1.73 bits per heavy atom. The summed E-state index contributed by atoms with van der Waals surface area (Å²) in [6, 6.07) is 0. The molecule has 1 N–H and O–H groups in total. The minimum absolute atomic E-state index is 0.107. The molecule has 0 aromatic heterocycles. The Balaban J connectivity index is 1.70. The summed E-state index contributed by atoms with van der Waals surface area (Å²) in [5.41, 5.74) is 1.32. The molecule has 2 nitrogen and oxygen atoms in total. The van der Waals surface area contributed by atoms with Crippen molar-refractivity contribution in [3.05, 3.63) is 11.6 Å². The minimum atomic E-state index is -0.484. The monoisotopic (exact) mass is 302 g/mol. The lowest BCUT2D eigenvalue weighted by molar-refractivity contribution is -0.124. The molecule has 4 aliphatic rings. The van der Waals surface area contributed by atoms with E-state index < -0.39 is 5.60 Å². The van der Waals surface area contributed by atoms with Gasteiger partial charge >= 0.3 is 0 Å². The zero-order valence-electron chi connectivity index (χ0n) is 14.3. The summed E-state index contributed by atoms with van der Waals surface area (Å²) in [6.45, 7) is 6.85. The highest BCUT2D eigenvalue weighted by atomic mass is 16.3. The third-order valence-corrected chi connectivity index (χ3v) is 8.52. The van der Waals surface area contributed by atoms with Crippen LogP contribution in [0.25, 0.3) is 0 Å². The highest BCUT2D eigenvalue weighted by Gasteiger charge is 2.62. The Bertz CT molecular complexity index is 546. The first kappa shape index (κ1) is 14.9. The van der Waals surface area contributed by atoms with Crippen LogP contribution in [-0.4, -0.2) is 16.5 Å². The van der Waals surface area contributed by atoms with Crippen molar-refractivity contribution in [1.29, 1.82) is 0 Å². The number of carbonyl (C=O) groups is 1. The van der Waals surface area contributed by atoms with E-state index in [1.165, 1.54) is 24.8 Å². The Morgan fingerprint density at radius 1 is 1.00 bits per heavy atom. The van der Waals surface area contributed by atoms with Crippen LogP contribution in [0.3, 0.4) is 0 Å². The van der Waals surface area contributed by atoms with Crippen molar-refractivity contribution in [3.63, 3.8) is 0 Å². The minimum Gasteiger partial charge on any atom is -0.390 e. The summed E-state index contributed by atoms with van der Waals surface area (Å²) in [4.78, 5) is 11.8. The van der Waals surface area contributed by atoms with E-state index in [-0.39, 0.29) is 10.8 Å². The van der Waals surface area contributed by atoms with E-state index in [1.54, 1.807) is 0 Å². The number of hydrogen-bond acceptors (Lipinski definition) is 2. The second-order valence-corrected chi connectivity index (χ2v) is 9.24. The molecule has 4 rings (SSSR count). The smallest absolute Gasteiger partial charge is 0.155 e. The quantitative estimate of drug-likeness (QED) is 0.725. The Kier molecular flexibility index (Phi) is 3.03. The molecule has 6 atom stereocenters. The van der Waals surface area contributed by atoms with E-state index in [2.05, 4.69) is 20.8 Å². The summed E-state index contributed by atoms with van der Waals surface area (Å²) < 4.78 is 0. The van der Waals surface area contributed by atoms with E-state index >= 15 is 0 Å². The van der Waals surface area contributed by atoms with Crippen molar-refractivity contribution in [1.82, 2.24) is 0 Å². The van der Waals surface area contributed by atoms with Crippen molar-refractivity contribution in [2.24, 2.45) is 28.6 Å². The van der Waals surface area contributed by atoms with Gasteiger partial charge in [0.05, 0.1) is 5.60 Å². The molecule has 0 bridgehead atoms. The molecule has 0 aromatic carbocycles. The van der Waals surface area contributed by atoms with Crippen LogP contribution < -0.4 is 0 Å². The van der Waals surface area contributed by atoms with Crippen molar-refractivity contribution >= 4 is 5.78 Å². The fourth-order valence-corrected chi connectivity index (χ4v) is 6.80. The average molecular weight is 302 g/mol. The number of hydrogen-bond donors (Lipinski definition) is 1. The first-order chi connectivity index (χ1) is 10.3. The number of ketones is 1. The zero-order chi connectivity index (χ0) is 15.8.